The molecule has 1 aromatic rings. The predicted octanol–water partition coefficient (Wildman–Crippen LogP) is 1.04. The number of sulfonamides is 2. The number of nitrogens with zero attached hydrogens (tertiary/aromatic N) is 1. The van der Waals surface area contributed by atoms with Crippen molar-refractivity contribution in [2.24, 2.45) is 5.14 Å². The maximum absolute atomic E-state index is 14.0. The summed E-state index contributed by atoms with van der Waals surface area (Å²) in [4.78, 5) is -0.966. The molecule has 0 spiro atoms. The first-order valence-corrected chi connectivity index (χ1v) is 9.54. The van der Waals surface area contributed by atoms with Crippen molar-refractivity contribution in [3.8, 4) is 0 Å². The van der Waals surface area contributed by atoms with Gasteiger partial charge in [-0.25, -0.2) is 26.4 Å². The van der Waals surface area contributed by atoms with Crippen molar-refractivity contribution in [3.05, 3.63) is 24.0 Å². The SMILES string of the molecule is NS(=O)(=O)c1ccc(S(=O)(=O)N2CCCCCC2)c(F)c1. The summed E-state index contributed by atoms with van der Waals surface area (Å²) in [6.07, 6.45) is 3.35. The standard InChI is InChI=1S/C12H17FN2O4S2/c13-11-9-10(20(14,16)17)5-6-12(11)21(18,19)15-7-3-1-2-4-8-15/h5-6,9H,1-4,7-8H2,(H2,14,16,17). The number of halogens is 1. The Morgan fingerprint density at radius 1 is 1.00 bits per heavy atom. The fraction of sp³-hybridized carbons (Fsp3) is 0.500. The first kappa shape index (κ1) is 16.3. The first-order valence-electron chi connectivity index (χ1n) is 6.55. The third-order valence-electron chi connectivity index (χ3n) is 3.41. The molecule has 21 heavy (non-hydrogen) atoms. The molecule has 1 aliphatic heterocycles. The third-order valence-corrected chi connectivity index (χ3v) is 6.26. The highest BCUT2D eigenvalue weighted by molar-refractivity contribution is 7.89. The van der Waals surface area contributed by atoms with Gasteiger partial charge in [0.05, 0.1) is 4.90 Å². The fourth-order valence-electron chi connectivity index (χ4n) is 2.29. The van der Waals surface area contributed by atoms with Gasteiger partial charge >= 0.3 is 0 Å². The van der Waals surface area contributed by atoms with E-state index in [1.807, 2.05) is 0 Å². The highest BCUT2D eigenvalue weighted by Gasteiger charge is 2.28. The Hall–Kier alpha value is -1.03. The summed E-state index contributed by atoms with van der Waals surface area (Å²) in [7, 11) is -8.02. The van der Waals surface area contributed by atoms with Crippen molar-refractivity contribution in [3.63, 3.8) is 0 Å². The molecule has 2 N–H and O–H groups in total. The van der Waals surface area contributed by atoms with Gasteiger partial charge in [-0.2, -0.15) is 4.31 Å². The van der Waals surface area contributed by atoms with Gasteiger partial charge in [0.2, 0.25) is 20.0 Å². The molecular weight excluding hydrogens is 319 g/mol. The Labute approximate surface area is 123 Å². The minimum atomic E-state index is -4.07. The lowest BCUT2D eigenvalue weighted by Gasteiger charge is -2.20. The zero-order chi connectivity index (χ0) is 15.7. The van der Waals surface area contributed by atoms with E-state index in [2.05, 4.69) is 0 Å². The topological polar surface area (TPSA) is 97.5 Å². The van der Waals surface area contributed by atoms with Gasteiger partial charge in [-0.3, -0.25) is 0 Å². The van der Waals surface area contributed by atoms with Crippen molar-refractivity contribution in [1.82, 2.24) is 4.31 Å². The minimum Gasteiger partial charge on any atom is -0.225 e. The van der Waals surface area contributed by atoms with Crippen LogP contribution in [-0.2, 0) is 20.0 Å². The van der Waals surface area contributed by atoms with E-state index in [1.165, 1.54) is 4.31 Å². The summed E-state index contributed by atoms with van der Waals surface area (Å²) >= 11 is 0. The lowest BCUT2D eigenvalue weighted by molar-refractivity contribution is 0.419. The molecule has 118 valence electrons. The molecule has 1 heterocycles. The second kappa shape index (κ2) is 5.99. The Kier molecular flexibility index (Phi) is 4.66. The molecule has 9 heteroatoms. The molecule has 0 bridgehead atoms. The van der Waals surface area contributed by atoms with Crippen LogP contribution in [0.1, 0.15) is 25.7 Å². The fourth-order valence-corrected chi connectivity index (χ4v) is 4.38. The molecule has 1 aliphatic rings. The van der Waals surface area contributed by atoms with Gasteiger partial charge in [-0.05, 0) is 31.0 Å². The van der Waals surface area contributed by atoms with Crippen LogP contribution >= 0.6 is 0 Å². The number of nitrogens with two attached hydrogens (primary N) is 1. The van der Waals surface area contributed by atoms with Gasteiger partial charge in [-0.1, -0.05) is 12.8 Å². The quantitative estimate of drug-likeness (QED) is 0.891. The lowest BCUT2D eigenvalue weighted by Crippen LogP contribution is -2.32. The number of primary sulfonamides is 1. The predicted molar refractivity (Wildman–Crippen MR) is 75.0 cm³/mol. The Morgan fingerprint density at radius 3 is 2.05 bits per heavy atom. The maximum atomic E-state index is 14.0. The van der Waals surface area contributed by atoms with Crippen LogP contribution in [0.15, 0.2) is 28.0 Å². The van der Waals surface area contributed by atoms with Crippen LogP contribution in [0, 0.1) is 5.82 Å². The van der Waals surface area contributed by atoms with Crippen LogP contribution in [0.3, 0.4) is 0 Å². The van der Waals surface area contributed by atoms with Crippen LogP contribution in [0.5, 0.6) is 0 Å². The molecule has 1 fully saturated rings. The summed E-state index contributed by atoms with van der Waals surface area (Å²) in [6.45, 7) is 0.692. The second-order valence-corrected chi connectivity index (χ2v) is 8.42. The number of rotatable bonds is 3. The van der Waals surface area contributed by atoms with Gasteiger partial charge in [0.15, 0.2) is 0 Å². The molecule has 6 nitrogen and oxygen atoms in total. The number of benzene rings is 1. The van der Waals surface area contributed by atoms with Crippen molar-refractivity contribution < 1.29 is 21.2 Å². The van der Waals surface area contributed by atoms with Crippen molar-refractivity contribution in [1.29, 1.82) is 0 Å². The largest absolute Gasteiger partial charge is 0.245 e. The van der Waals surface area contributed by atoms with Crippen LogP contribution in [0.4, 0.5) is 4.39 Å². The van der Waals surface area contributed by atoms with Gasteiger partial charge in [0.1, 0.15) is 10.7 Å². The molecule has 1 saturated heterocycles. The Morgan fingerprint density at radius 2 is 1.57 bits per heavy atom. The van der Waals surface area contributed by atoms with Crippen molar-refractivity contribution in [2.75, 3.05) is 13.1 Å². The van der Waals surface area contributed by atoms with Crippen LogP contribution in [-0.4, -0.2) is 34.2 Å². The summed E-state index contributed by atoms with van der Waals surface area (Å²) in [5, 5.41) is 4.89. The molecule has 2 rings (SSSR count). The van der Waals surface area contributed by atoms with E-state index in [-0.39, 0.29) is 0 Å². The molecule has 0 aliphatic carbocycles. The maximum Gasteiger partial charge on any atom is 0.245 e. The molecule has 0 atom stereocenters. The monoisotopic (exact) mass is 336 g/mol. The second-order valence-electron chi connectivity index (χ2n) is 4.96. The number of hydrogen-bond donors (Lipinski definition) is 1. The van der Waals surface area contributed by atoms with Crippen molar-refractivity contribution in [2.45, 2.75) is 35.5 Å². The minimum absolute atomic E-state index is 0.346. The first-order chi connectivity index (χ1) is 9.73. The zero-order valence-corrected chi connectivity index (χ0v) is 13.0. The third kappa shape index (κ3) is 3.60. The van der Waals surface area contributed by atoms with E-state index in [9.17, 15) is 21.2 Å². The van der Waals surface area contributed by atoms with E-state index in [1.54, 1.807) is 0 Å². The lowest BCUT2D eigenvalue weighted by atomic mass is 10.2. The van der Waals surface area contributed by atoms with E-state index in [0.717, 1.165) is 37.8 Å². The average Bonchev–Trinajstić information content (AvgIpc) is 2.66. The van der Waals surface area contributed by atoms with E-state index >= 15 is 0 Å². The zero-order valence-electron chi connectivity index (χ0n) is 11.3. The number of hydrogen-bond acceptors (Lipinski definition) is 4. The Balaban J connectivity index is 2.40. The van der Waals surface area contributed by atoms with Gasteiger partial charge < -0.3 is 0 Å². The summed E-state index contributed by atoms with van der Waals surface area (Å²) in [5.74, 6) is -1.11. The summed E-state index contributed by atoms with van der Waals surface area (Å²) in [5.41, 5.74) is 0. The molecule has 1 aromatic carbocycles. The van der Waals surface area contributed by atoms with Crippen LogP contribution < -0.4 is 5.14 Å². The molecule has 0 unspecified atom stereocenters. The van der Waals surface area contributed by atoms with E-state index in [0.29, 0.717) is 19.2 Å². The molecule has 0 amide bonds. The van der Waals surface area contributed by atoms with E-state index in [4.69, 9.17) is 5.14 Å². The summed E-state index contributed by atoms with van der Waals surface area (Å²) < 4.78 is 62.4. The van der Waals surface area contributed by atoms with E-state index < -0.39 is 35.7 Å². The van der Waals surface area contributed by atoms with Gasteiger partial charge in [0, 0.05) is 13.1 Å². The molecule has 0 radical (unpaired) electrons. The highest BCUT2D eigenvalue weighted by Crippen LogP contribution is 2.24. The van der Waals surface area contributed by atoms with Crippen molar-refractivity contribution >= 4 is 20.0 Å². The van der Waals surface area contributed by atoms with Gasteiger partial charge in [0.25, 0.3) is 0 Å². The molecular formula is C12H17FN2O4S2. The molecule has 0 saturated carbocycles. The summed E-state index contributed by atoms with van der Waals surface area (Å²) in [6, 6.07) is 2.60. The van der Waals surface area contributed by atoms with Gasteiger partial charge in [-0.15, -0.1) is 0 Å². The van der Waals surface area contributed by atoms with Crippen LogP contribution in [0.2, 0.25) is 0 Å². The molecule has 0 aromatic heterocycles. The average molecular weight is 336 g/mol. The van der Waals surface area contributed by atoms with Crippen LogP contribution in [0.25, 0.3) is 0 Å². The normalized spacial score (nSPS) is 18.4. The smallest absolute Gasteiger partial charge is 0.225 e. The Bertz CT molecular complexity index is 724. The highest BCUT2D eigenvalue weighted by atomic mass is 32.2.